The number of methoxy groups -OCH3 is 2. The molecule has 40 heavy (non-hydrogen) atoms. The van der Waals surface area contributed by atoms with Gasteiger partial charge in [-0.1, -0.05) is 41.9 Å². The highest BCUT2D eigenvalue weighted by molar-refractivity contribution is 6.30. The molecule has 2 atom stereocenters. The van der Waals surface area contributed by atoms with E-state index in [0.29, 0.717) is 27.6 Å². The number of aliphatic carboxylic acids is 1. The minimum absolute atomic E-state index is 0.138. The summed E-state index contributed by atoms with van der Waals surface area (Å²) in [5.74, 6) is -1.47. The first-order valence-corrected chi connectivity index (χ1v) is 12.8. The standard InChI is InChI=1S/C29H29ClN2O8/c1-4-39-26(34)17-32-24-11-10-19(30)12-23(24)29(31-16-25(32)33,18-8-6-5-7-9-18)27(28(35)36)40-22-14-20(37-2)13-21(15-22)38-3/h5-15,27,31H,4,16-17H2,1-3H3,(H,35,36)/t27-,29+/m1/s1. The second-order valence-corrected chi connectivity index (χ2v) is 9.29. The molecule has 2 N–H and O–H groups in total. The maximum Gasteiger partial charge on any atom is 0.347 e. The molecule has 3 aromatic rings. The van der Waals surface area contributed by atoms with E-state index in [1.54, 1.807) is 61.5 Å². The Labute approximate surface area is 236 Å². The number of carboxylic acids is 1. The second kappa shape index (κ2) is 12.3. The molecular weight excluding hydrogens is 540 g/mol. The maximum atomic E-state index is 13.4. The Morgan fingerprint density at radius 1 is 1.02 bits per heavy atom. The van der Waals surface area contributed by atoms with Crippen molar-refractivity contribution in [1.29, 1.82) is 0 Å². The third-order valence-corrected chi connectivity index (χ3v) is 6.75. The van der Waals surface area contributed by atoms with E-state index in [4.69, 9.17) is 30.5 Å². The molecule has 4 rings (SSSR count). The normalized spacial score (nSPS) is 17.3. The summed E-state index contributed by atoms with van der Waals surface area (Å²) in [6, 6.07) is 18.1. The van der Waals surface area contributed by atoms with E-state index >= 15 is 0 Å². The molecule has 1 amide bonds. The molecule has 0 saturated carbocycles. The van der Waals surface area contributed by atoms with Crippen LogP contribution in [-0.4, -0.2) is 63.0 Å². The summed E-state index contributed by atoms with van der Waals surface area (Å²) in [6.07, 6.45) is -1.64. The Morgan fingerprint density at radius 2 is 1.68 bits per heavy atom. The summed E-state index contributed by atoms with van der Waals surface area (Å²) in [4.78, 5) is 40.3. The molecule has 0 aliphatic carbocycles. The van der Waals surface area contributed by atoms with Crippen LogP contribution in [0.5, 0.6) is 17.2 Å². The SMILES string of the molecule is CCOC(=O)CN1C(=O)CN[C@](c2ccccc2)([C@H](Oc2cc(OC)cc(OC)c2)C(=O)O)c2cc(Cl)ccc21. The van der Waals surface area contributed by atoms with Gasteiger partial charge in [-0.2, -0.15) is 0 Å². The van der Waals surface area contributed by atoms with Gasteiger partial charge in [-0.3, -0.25) is 19.8 Å². The minimum Gasteiger partial charge on any atom is -0.496 e. The first-order valence-electron chi connectivity index (χ1n) is 12.4. The van der Waals surface area contributed by atoms with E-state index < -0.39 is 29.5 Å². The Kier molecular flexibility index (Phi) is 8.81. The summed E-state index contributed by atoms with van der Waals surface area (Å²) in [6.45, 7) is 1.11. The first-order chi connectivity index (χ1) is 19.2. The molecule has 0 unspecified atom stereocenters. The minimum atomic E-state index is -1.65. The molecule has 0 saturated heterocycles. The summed E-state index contributed by atoms with van der Waals surface area (Å²) >= 11 is 6.46. The lowest BCUT2D eigenvalue weighted by Crippen LogP contribution is -2.58. The number of carbonyl (C=O) groups excluding carboxylic acids is 2. The van der Waals surface area contributed by atoms with Crippen LogP contribution in [-0.2, 0) is 24.7 Å². The summed E-state index contributed by atoms with van der Waals surface area (Å²) in [5, 5.41) is 14.1. The lowest BCUT2D eigenvalue weighted by molar-refractivity contribution is -0.149. The zero-order valence-corrected chi connectivity index (χ0v) is 22.9. The Balaban J connectivity index is 1.98. The van der Waals surface area contributed by atoms with Crippen molar-refractivity contribution in [3.63, 3.8) is 0 Å². The number of halogens is 1. The summed E-state index contributed by atoms with van der Waals surface area (Å²) in [5.41, 5.74) is -0.549. The molecule has 0 aromatic heterocycles. The molecule has 3 aromatic carbocycles. The molecule has 210 valence electrons. The maximum absolute atomic E-state index is 13.4. The molecule has 0 spiro atoms. The predicted molar refractivity (Wildman–Crippen MR) is 147 cm³/mol. The smallest absolute Gasteiger partial charge is 0.347 e. The third kappa shape index (κ3) is 5.68. The fourth-order valence-electron chi connectivity index (χ4n) is 4.76. The van der Waals surface area contributed by atoms with Gasteiger partial charge in [-0.05, 0) is 30.7 Å². The number of benzene rings is 3. The van der Waals surface area contributed by atoms with Crippen LogP contribution in [0.3, 0.4) is 0 Å². The number of rotatable bonds is 10. The topological polar surface area (TPSA) is 124 Å². The molecule has 11 heteroatoms. The van der Waals surface area contributed by atoms with Crippen LogP contribution >= 0.6 is 11.6 Å². The average molecular weight is 569 g/mol. The van der Waals surface area contributed by atoms with Crippen molar-refractivity contribution < 1.29 is 38.4 Å². The van der Waals surface area contributed by atoms with E-state index in [1.165, 1.54) is 31.3 Å². The van der Waals surface area contributed by atoms with Gasteiger partial charge in [0, 0.05) is 28.8 Å². The van der Waals surface area contributed by atoms with Crippen molar-refractivity contribution in [3.05, 3.63) is 82.9 Å². The van der Waals surface area contributed by atoms with Crippen molar-refractivity contribution in [1.82, 2.24) is 5.32 Å². The lowest BCUT2D eigenvalue weighted by Gasteiger charge is -2.40. The zero-order valence-electron chi connectivity index (χ0n) is 22.2. The van der Waals surface area contributed by atoms with Crippen LogP contribution in [0.25, 0.3) is 0 Å². The van der Waals surface area contributed by atoms with Gasteiger partial charge in [-0.15, -0.1) is 0 Å². The van der Waals surface area contributed by atoms with Crippen LogP contribution in [0.1, 0.15) is 18.1 Å². The van der Waals surface area contributed by atoms with Crippen LogP contribution in [0.2, 0.25) is 5.02 Å². The molecule has 0 radical (unpaired) electrons. The Bertz CT molecular complexity index is 1380. The number of hydrogen-bond donors (Lipinski definition) is 2. The number of amides is 1. The van der Waals surface area contributed by atoms with Crippen LogP contribution in [0, 0.1) is 0 Å². The van der Waals surface area contributed by atoms with Gasteiger partial charge in [0.1, 0.15) is 29.3 Å². The third-order valence-electron chi connectivity index (χ3n) is 6.51. The van der Waals surface area contributed by atoms with Crippen molar-refractivity contribution in [3.8, 4) is 17.2 Å². The predicted octanol–water partition coefficient (Wildman–Crippen LogP) is 3.63. The van der Waals surface area contributed by atoms with Crippen molar-refractivity contribution in [2.75, 3.05) is 38.8 Å². The van der Waals surface area contributed by atoms with Gasteiger partial charge in [0.2, 0.25) is 12.0 Å². The first kappa shape index (κ1) is 28.7. The fourth-order valence-corrected chi connectivity index (χ4v) is 4.93. The number of nitrogens with zero attached hydrogens (tertiary/aromatic N) is 1. The number of nitrogens with one attached hydrogen (secondary N) is 1. The molecule has 1 aliphatic heterocycles. The molecular formula is C29H29ClN2O8. The highest BCUT2D eigenvalue weighted by Crippen LogP contribution is 2.44. The van der Waals surface area contributed by atoms with Crippen LogP contribution in [0.4, 0.5) is 5.69 Å². The van der Waals surface area contributed by atoms with E-state index in [9.17, 15) is 19.5 Å². The number of fused-ring (bicyclic) bond motifs is 1. The van der Waals surface area contributed by atoms with E-state index in [1.807, 2.05) is 0 Å². The second-order valence-electron chi connectivity index (χ2n) is 8.86. The summed E-state index contributed by atoms with van der Waals surface area (Å²) < 4.78 is 22.0. The van der Waals surface area contributed by atoms with Crippen molar-refractivity contribution in [2.45, 2.75) is 18.6 Å². The van der Waals surface area contributed by atoms with Crippen molar-refractivity contribution in [2.24, 2.45) is 0 Å². The van der Waals surface area contributed by atoms with Gasteiger partial charge in [0.15, 0.2) is 0 Å². The van der Waals surface area contributed by atoms with Gasteiger partial charge < -0.3 is 24.1 Å². The van der Waals surface area contributed by atoms with Crippen molar-refractivity contribution >= 4 is 35.1 Å². The van der Waals surface area contributed by atoms with Gasteiger partial charge in [-0.25, -0.2) is 4.79 Å². The highest BCUT2D eigenvalue weighted by atomic mass is 35.5. The number of ether oxygens (including phenoxy) is 4. The van der Waals surface area contributed by atoms with Gasteiger partial charge in [0.25, 0.3) is 0 Å². The quantitative estimate of drug-likeness (QED) is 0.353. The fraction of sp³-hybridized carbons (Fsp3) is 0.276. The number of carboxylic acid groups (broad SMARTS) is 1. The average Bonchev–Trinajstić information content (AvgIpc) is 3.06. The monoisotopic (exact) mass is 568 g/mol. The number of esters is 1. The molecule has 1 aliphatic rings. The van der Waals surface area contributed by atoms with E-state index in [0.717, 1.165) is 0 Å². The molecule has 0 bridgehead atoms. The van der Waals surface area contributed by atoms with Crippen LogP contribution in [0.15, 0.2) is 66.7 Å². The number of hydrogen-bond acceptors (Lipinski definition) is 8. The lowest BCUT2D eigenvalue weighted by atomic mass is 9.77. The molecule has 10 nitrogen and oxygen atoms in total. The largest absolute Gasteiger partial charge is 0.496 e. The summed E-state index contributed by atoms with van der Waals surface area (Å²) in [7, 11) is 2.93. The molecule has 1 heterocycles. The van der Waals surface area contributed by atoms with E-state index in [-0.39, 0.29) is 31.1 Å². The van der Waals surface area contributed by atoms with E-state index in [2.05, 4.69) is 5.32 Å². The zero-order chi connectivity index (χ0) is 28.9. The number of anilines is 1. The van der Waals surface area contributed by atoms with Crippen LogP contribution < -0.4 is 24.4 Å². The molecule has 0 fully saturated rings. The number of carbonyl (C=O) groups is 3. The van der Waals surface area contributed by atoms with Gasteiger partial charge in [0.05, 0.1) is 33.1 Å². The Morgan fingerprint density at radius 3 is 2.27 bits per heavy atom. The Hall–Kier alpha value is -4.28. The van der Waals surface area contributed by atoms with Gasteiger partial charge >= 0.3 is 11.9 Å². The highest BCUT2D eigenvalue weighted by Gasteiger charge is 2.52.